The number of fused-ring (bicyclic) bond motifs is 1. The second-order valence-corrected chi connectivity index (χ2v) is 6.76. The standard InChI is InChI=1S/C20H29N3O6/c1-2-28-20(27)14(8-4-3-7-11-21)22-15-13-29-17-10-6-5-9-16(17)23(19(15)26)12-18(24)25/h5-6,9-10,14-15,22H,2-4,7-8,11-13,21H2,1H3,(H,24,25)/t14-,15-/m0/s1. The Bertz CT molecular complexity index is 711. The lowest BCUT2D eigenvalue weighted by Crippen LogP contribution is -2.54. The quantitative estimate of drug-likeness (QED) is 0.364. The number of hydrogen-bond acceptors (Lipinski definition) is 7. The van der Waals surface area contributed by atoms with Gasteiger partial charge in [-0.3, -0.25) is 24.6 Å². The van der Waals surface area contributed by atoms with Crippen LogP contribution in [0.2, 0.25) is 0 Å². The van der Waals surface area contributed by atoms with Crippen LogP contribution < -0.4 is 20.7 Å². The van der Waals surface area contributed by atoms with Crippen molar-refractivity contribution in [3.05, 3.63) is 24.3 Å². The lowest BCUT2D eigenvalue weighted by atomic mass is 10.1. The van der Waals surface area contributed by atoms with Gasteiger partial charge in [0.1, 0.15) is 31.0 Å². The Morgan fingerprint density at radius 2 is 2.10 bits per heavy atom. The number of nitrogens with zero attached hydrogens (tertiary/aromatic N) is 1. The molecule has 1 heterocycles. The van der Waals surface area contributed by atoms with Crippen LogP contribution in [0.5, 0.6) is 5.75 Å². The summed E-state index contributed by atoms with van der Waals surface area (Å²) in [6.45, 7) is 2.00. The zero-order valence-corrected chi connectivity index (χ0v) is 16.6. The molecule has 1 amide bonds. The van der Waals surface area contributed by atoms with Gasteiger partial charge < -0.3 is 20.3 Å². The highest BCUT2D eigenvalue weighted by Gasteiger charge is 2.35. The average molecular weight is 407 g/mol. The minimum absolute atomic E-state index is 0.0231. The van der Waals surface area contributed by atoms with Crippen molar-refractivity contribution < 1.29 is 29.0 Å². The van der Waals surface area contributed by atoms with E-state index >= 15 is 0 Å². The fourth-order valence-corrected chi connectivity index (χ4v) is 3.20. The number of carbonyl (C=O) groups excluding carboxylic acids is 2. The third kappa shape index (κ3) is 6.43. The van der Waals surface area contributed by atoms with Crippen LogP contribution in [0, 0.1) is 0 Å². The van der Waals surface area contributed by atoms with E-state index in [-0.39, 0.29) is 13.2 Å². The molecule has 0 saturated carbocycles. The third-order valence-electron chi connectivity index (χ3n) is 4.59. The number of para-hydroxylation sites is 2. The van der Waals surface area contributed by atoms with Gasteiger partial charge in [-0.1, -0.05) is 25.0 Å². The van der Waals surface area contributed by atoms with Crippen LogP contribution in [-0.2, 0) is 19.1 Å². The first-order valence-electron chi connectivity index (χ1n) is 9.85. The number of carbonyl (C=O) groups is 3. The molecule has 0 bridgehead atoms. The van der Waals surface area contributed by atoms with Crippen LogP contribution in [0.25, 0.3) is 0 Å². The number of nitrogens with one attached hydrogen (secondary N) is 1. The summed E-state index contributed by atoms with van der Waals surface area (Å²) in [7, 11) is 0. The summed E-state index contributed by atoms with van der Waals surface area (Å²) < 4.78 is 10.9. The average Bonchev–Trinajstić information content (AvgIpc) is 2.82. The maximum atomic E-state index is 13.1. The number of aliphatic carboxylic acids is 1. The zero-order valence-electron chi connectivity index (χ0n) is 16.6. The van der Waals surface area contributed by atoms with Gasteiger partial charge in [0, 0.05) is 0 Å². The van der Waals surface area contributed by atoms with E-state index in [1.54, 1.807) is 31.2 Å². The second kappa shape index (κ2) is 11.4. The molecule has 2 atom stereocenters. The Morgan fingerprint density at radius 1 is 1.34 bits per heavy atom. The molecule has 0 aromatic heterocycles. The minimum atomic E-state index is -1.14. The van der Waals surface area contributed by atoms with Crippen LogP contribution in [-0.4, -0.2) is 61.3 Å². The van der Waals surface area contributed by atoms with Crippen LogP contribution in [0.4, 0.5) is 5.69 Å². The van der Waals surface area contributed by atoms with E-state index in [1.165, 1.54) is 4.90 Å². The lowest BCUT2D eigenvalue weighted by molar-refractivity contribution is -0.146. The summed E-state index contributed by atoms with van der Waals surface area (Å²) in [6.07, 6.45) is 2.94. The summed E-state index contributed by atoms with van der Waals surface area (Å²) in [5.41, 5.74) is 5.90. The molecule has 0 saturated heterocycles. The number of anilines is 1. The molecule has 4 N–H and O–H groups in total. The third-order valence-corrected chi connectivity index (χ3v) is 4.59. The van der Waals surface area contributed by atoms with E-state index in [9.17, 15) is 19.5 Å². The molecule has 0 unspecified atom stereocenters. The number of ether oxygens (including phenoxy) is 2. The highest BCUT2D eigenvalue weighted by Crippen LogP contribution is 2.31. The number of benzene rings is 1. The van der Waals surface area contributed by atoms with E-state index in [1.807, 2.05) is 0 Å². The van der Waals surface area contributed by atoms with Crippen molar-refractivity contribution in [3.8, 4) is 5.75 Å². The largest absolute Gasteiger partial charge is 0.489 e. The molecule has 9 nitrogen and oxygen atoms in total. The molecular formula is C20H29N3O6. The van der Waals surface area contributed by atoms with Gasteiger partial charge in [0.15, 0.2) is 0 Å². The Balaban J connectivity index is 2.18. The molecule has 9 heteroatoms. The predicted molar refractivity (Wildman–Crippen MR) is 107 cm³/mol. The fraction of sp³-hybridized carbons (Fsp3) is 0.550. The normalized spacial score (nSPS) is 17.1. The van der Waals surface area contributed by atoms with Crippen molar-refractivity contribution in [1.82, 2.24) is 5.32 Å². The number of carboxylic acid groups (broad SMARTS) is 1. The van der Waals surface area contributed by atoms with Crippen LogP contribution >= 0.6 is 0 Å². The van der Waals surface area contributed by atoms with Crippen molar-refractivity contribution in [2.24, 2.45) is 5.73 Å². The predicted octanol–water partition coefficient (Wildman–Crippen LogP) is 0.906. The molecular weight excluding hydrogens is 378 g/mol. The monoisotopic (exact) mass is 407 g/mol. The van der Waals surface area contributed by atoms with E-state index in [0.717, 1.165) is 19.3 Å². The van der Waals surface area contributed by atoms with Gasteiger partial charge in [-0.2, -0.15) is 0 Å². The highest BCUT2D eigenvalue weighted by atomic mass is 16.5. The Hall–Kier alpha value is -2.65. The highest BCUT2D eigenvalue weighted by molar-refractivity contribution is 6.02. The maximum absolute atomic E-state index is 13.1. The first kappa shape index (κ1) is 22.6. The molecule has 2 rings (SSSR count). The Labute approximate surface area is 170 Å². The Kier molecular flexibility index (Phi) is 8.88. The first-order valence-corrected chi connectivity index (χ1v) is 9.85. The van der Waals surface area contributed by atoms with Crippen molar-refractivity contribution in [2.45, 2.75) is 44.7 Å². The number of rotatable bonds is 11. The molecule has 0 fully saturated rings. The summed E-state index contributed by atoms with van der Waals surface area (Å²) in [6, 6.07) is 5.18. The molecule has 1 aliphatic heterocycles. The Morgan fingerprint density at radius 3 is 2.79 bits per heavy atom. The number of esters is 1. The number of unbranched alkanes of at least 4 members (excludes halogenated alkanes) is 2. The number of hydrogen-bond donors (Lipinski definition) is 3. The molecule has 1 aromatic rings. The van der Waals surface area contributed by atoms with Crippen molar-refractivity contribution in [1.29, 1.82) is 0 Å². The SMILES string of the molecule is CCOC(=O)[C@H](CCCCCN)N[C@H]1COc2ccccc2N(CC(=O)O)C1=O. The molecule has 1 aromatic carbocycles. The van der Waals surface area contributed by atoms with Crippen LogP contribution in [0.1, 0.15) is 32.6 Å². The summed E-state index contributed by atoms with van der Waals surface area (Å²) in [4.78, 5) is 38.0. The van der Waals surface area contributed by atoms with Gasteiger partial charge in [0.25, 0.3) is 0 Å². The number of carboxylic acids is 1. The van der Waals surface area contributed by atoms with Crippen LogP contribution in [0.3, 0.4) is 0 Å². The van der Waals surface area contributed by atoms with Gasteiger partial charge in [-0.05, 0) is 38.4 Å². The topological polar surface area (TPSA) is 131 Å². The van der Waals surface area contributed by atoms with E-state index in [4.69, 9.17) is 15.2 Å². The fourth-order valence-electron chi connectivity index (χ4n) is 3.20. The van der Waals surface area contributed by atoms with Crippen LogP contribution in [0.15, 0.2) is 24.3 Å². The molecule has 0 radical (unpaired) electrons. The summed E-state index contributed by atoms with van der Waals surface area (Å²) in [5, 5.41) is 12.3. The minimum Gasteiger partial charge on any atom is -0.489 e. The van der Waals surface area contributed by atoms with Crippen molar-refractivity contribution >= 4 is 23.5 Å². The molecule has 29 heavy (non-hydrogen) atoms. The van der Waals surface area contributed by atoms with Gasteiger partial charge in [0.05, 0.1) is 12.3 Å². The second-order valence-electron chi connectivity index (χ2n) is 6.76. The van der Waals surface area contributed by atoms with Gasteiger partial charge in [0.2, 0.25) is 5.91 Å². The zero-order chi connectivity index (χ0) is 21.2. The van der Waals surface area contributed by atoms with E-state index < -0.39 is 36.5 Å². The van der Waals surface area contributed by atoms with E-state index in [0.29, 0.717) is 24.4 Å². The smallest absolute Gasteiger partial charge is 0.323 e. The van der Waals surface area contributed by atoms with Gasteiger partial charge in [-0.25, -0.2) is 0 Å². The molecule has 160 valence electrons. The number of nitrogens with two attached hydrogens (primary N) is 1. The van der Waals surface area contributed by atoms with Crippen molar-refractivity contribution in [2.75, 3.05) is 31.2 Å². The molecule has 0 spiro atoms. The first-order chi connectivity index (χ1) is 14.0. The van der Waals surface area contributed by atoms with E-state index in [2.05, 4.69) is 5.32 Å². The molecule has 0 aliphatic carbocycles. The maximum Gasteiger partial charge on any atom is 0.323 e. The lowest BCUT2D eigenvalue weighted by Gasteiger charge is -2.26. The van der Waals surface area contributed by atoms with Gasteiger partial charge >= 0.3 is 11.9 Å². The van der Waals surface area contributed by atoms with Gasteiger partial charge in [-0.15, -0.1) is 0 Å². The number of amides is 1. The van der Waals surface area contributed by atoms with Crippen molar-refractivity contribution in [3.63, 3.8) is 0 Å². The summed E-state index contributed by atoms with van der Waals surface area (Å²) in [5.74, 6) is -1.63. The summed E-state index contributed by atoms with van der Waals surface area (Å²) >= 11 is 0. The molecule has 1 aliphatic rings.